The van der Waals surface area contributed by atoms with E-state index in [1.165, 1.54) is 47.8 Å². The molecule has 0 aromatic heterocycles. The maximum absolute atomic E-state index is 12.9. The van der Waals surface area contributed by atoms with Crippen molar-refractivity contribution in [3.8, 4) is 0 Å². The summed E-state index contributed by atoms with van der Waals surface area (Å²) in [6.45, 7) is 0. The number of nitrogens with zero attached hydrogens (tertiary/aromatic N) is 1. The van der Waals surface area contributed by atoms with Crippen LogP contribution in [-0.4, -0.2) is 27.3 Å². The van der Waals surface area contributed by atoms with E-state index in [1.807, 2.05) is 0 Å². The van der Waals surface area contributed by atoms with Crippen LogP contribution < -0.4 is 15.4 Å². The van der Waals surface area contributed by atoms with Crippen LogP contribution >= 0.6 is 0 Å². The molecule has 0 unspecified atom stereocenters. The van der Waals surface area contributed by atoms with Gasteiger partial charge >= 0.3 is 0 Å². The largest absolute Gasteiger partial charge is 0.366 e. The number of carbonyl (C=O) groups excluding carboxylic acids is 2. The van der Waals surface area contributed by atoms with E-state index in [2.05, 4.69) is 5.32 Å². The second kappa shape index (κ2) is 8.15. The van der Waals surface area contributed by atoms with Gasteiger partial charge in [0.15, 0.2) is 0 Å². The number of benzene rings is 3. The van der Waals surface area contributed by atoms with Gasteiger partial charge < -0.3 is 11.1 Å². The molecule has 0 spiro atoms. The SMILES string of the molecule is CN(c1ccccc1)S(=O)(=O)c1cccc(NC(=O)c2ccc(C(N)=O)cc2)c1. The summed E-state index contributed by atoms with van der Waals surface area (Å²) in [4.78, 5) is 23.6. The first kappa shape index (κ1) is 20.1. The van der Waals surface area contributed by atoms with Crippen molar-refractivity contribution in [1.29, 1.82) is 0 Å². The lowest BCUT2D eigenvalue weighted by atomic mass is 10.1. The van der Waals surface area contributed by atoms with Crippen LogP contribution in [0.25, 0.3) is 0 Å². The van der Waals surface area contributed by atoms with Crippen molar-refractivity contribution in [2.75, 3.05) is 16.7 Å². The van der Waals surface area contributed by atoms with Gasteiger partial charge in [-0.1, -0.05) is 24.3 Å². The zero-order valence-corrected chi connectivity index (χ0v) is 16.4. The second-order valence-electron chi connectivity index (χ2n) is 6.23. The molecule has 3 aromatic rings. The molecular formula is C21H19N3O4S. The van der Waals surface area contributed by atoms with Gasteiger partial charge in [-0.15, -0.1) is 0 Å². The summed E-state index contributed by atoms with van der Waals surface area (Å²) in [5.41, 5.74) is 6.64. The van der Waals surface area contributed by atoms with Crippen molar-refractivity contribution in [3.05, 3.63) is 90.0 Å². The lowest BCUT2D eigenvalue weighted by molar-refractivity contribution is 0.0995. The van der Waals surface area contributed by atoms with Crippen molar-refractivity contribution in [2.24, 2.45) is 5.73 Å². The molecule has 0 heterocycles. The molecule has 0 bridgehead atoms. The van der Waals surface area contributed by atoms with Crippen LogP contribution in [0.1, 0.15) is 20.7 Å². The number of para-hydroxylation sites is 1. The number of anilines is 2. The Morgan fingerprint density at radius 3 is 2.10 bits per heavy atom. The van der Waals surface area contributed by atoms with Gasteiger partial charge in [-0.05, 0) is 54.6 Å². The fraction of sp³-hybridized carbons (Fsp3) is 0.0476. The Bertz CT molecular complexity index is 1140. The highest BCUT2D eigenvalue weighted by molar-refractivity contribution is 7.92. The van der Waals surface area contributed by atoms with E-state index in [-0.39, 0.29) is 4.90 Å². The molecule has 0 saturated carbocycles. The molecule has 0 aliphatic rings. The lowest BCUT2D eigenvalue weighted by Crippen LogP contribution is -2.26. The van der Waals surface area contributed by atoms with Crippen molar-refractivity contribution in [3.63, 3.8) is 0 Å². The number of primary amides is 1. The number of hydrogen-bond acceptors (Lipinski definition) is 4. The number of amides is 2. The Morgan fingerprint density at radius 1 is 0.862 bits per heavy atom. The Morgan fingerprint density at radius 2 is 1.48 bits per heavy atom. The molecule has 3 aromatic carbocycles. The predicted molar refractivity (Wildman–Crippen MR) is 111 cm³/mol. The van der Waals surface area contributed by atoms with E-state index in [4.69, 9.17) is 5.73 Å². The van der Waals surface area contributed by atoms with Crippen molar-refractivity contribution >= 4 is 33.2 Å². The van der Waals surface area contributed by atoms with Crippen LogP contribution in [-0.2, 0) is 10.0 Å². The molecule has 3 N–H and O–H groups in total. The topological polar surface area (TPSA) is 110 Å². The molecule has 2 amide bonds. The summed E-state index contributed by atoms with van der Waals surface area (Å²) >= 11 is 0. The van der Waals surface area contributed by atoms with Crippen LogP contribution in [0.5, 0.6) is 0 Å². The quantitative estimate of drug-likeness (QED) is 0.652. The molecule has 3 rings (SSSR count). The van der Waals surface area contributed by atoms with Crippen LogP contribution in [0.2, 0.25) is 0 Å². The third-order valence-electron chi connectivity index (χ3n) is 4.30. The van der Waals surface area contributed by atoms with Gasteiger partial charge in [0.05, 0.1) is 10.6 Å². The highest BCUT2D eigenvalue weighted by Crippen LogP contribution is 2.24. The molecule has 8 heteroatoms. The minimum atomic E-state index is -3.80. The monoisotopic (exact) mass is 409 g/mol. The predicted octanol–water partition coefficient (Wildman–Crippen LogP) is 2.86. The van der Waals surface area contributed by atoms with Crippen molar-refractivity contribution in [1.82, 2.24) is 0 Å². The number of hydrogen-bond donors (Lipinski definition) is 2. The van der Waals surface area contributed by atoms with Crippen molar-refractivity contribution < 1.29 is 18.0 Å². The zero-order valence-electron chi connectivity index (χ0n) is 15.6. The smallest absolute Gasteiger partial charge is 0.264 e. The third kappa shape index (κ3) is 4.44. The van der Waals surface area contributed by atoms with Gasteiger partial charge in [0.2, 0.25) is 5.91 Å². The highest BCUT2D eigenvalue weighted by Gasteiger charge is 2.21. The summed E-state index contributed by atoms with van der Waals surface area (Å²) in [5, 5.41) is 2.66. The maximum atomic E-state index is 12.9. The minimum absolute atomic E-state index is 0.0470. The number of nitrogens with one attached hydrogen (secondary N) is 1. The van der Waals surface area contributed by atoms with Gasteiger partial charge in [0.1, 0.15) is 0 Å². The Kier molecular flexibility index (Phi) is 5.65. The summed E-state index contributed by atoms with van der Waals surface area (Å²) in [6, 6.07) is 20.5. The summed E-state index contributed by atoms with van der Waals surface area (Å²) in [6.07, 6.45) is 0. The van der Waals surface area contributed by atoms with E-state index >= 15 is 0 Å². The summed E-state index contributed by atoms with van der Waals surface area (Å²) in [5.74, 6) is -1.02. The Hall–Kier alpha value is -3.65. The van der Waals surface area contributed by atoms with E-state index in [9.17, 15) is 18.0 Å². The molecule has 0 aliphatic heterocycles. The highest BCUT2D eigenvalue weighted by atomic mass is 32.2. The van der Waals surface area contributed by atoms with Gasteiger partial charge in [-0.2, -0.15) is 0 Å². The second-order valence-corrected chi connectivity index (χ2v) is 8.20. The number of carbonyl (C=O) groups is 2. The van der Waals surface area contributed by atoms with Crippen LogP contribution in [0, 0.1) is 0 Å². The van der Waals surface area contributed by atoms with E-state index in [1.54, 1.807) is 42.5 Å². The molecular weight excluding hydrogens is 390 g/mol. The first-order chi connectivity index (χ1) is 13.8. The molecule has 0 fully saturated rings. The zero-order chi connectivity index (χ0) is 21.0. The van der Waals surface area contributed by atoms with E-state index in [0.717, 1.165) is 0 Å². The van der Waals surface area contributed by atoms with Crippen LogP contribution in [0.4, 0.5) is 11.4 Å². The number of sulfonamides is 1. The normalized spacial score (nSPS) is 10.9. The van der Waals surface area contributed by atoms with Gasteiger partial charge in [0.25, 0.3) is 15.9 Å². The first-order valence-corrected chi connectivity index (χ1v) is 10.1. The standard InChI is InChI=1S/C21H19N3O4S/c1-24(18-7-3-2-4-8-18)29(27,28)19-9-5-6-17(14-19)23-21(26)16-12-10-15(11-13-16)20(22)25/h2-14H,1H3,(H2,22,25)(H,23,26). The Labute approximate surface area is 168 Å². The fourth-order valence-electron chi connectivity index (χ4n) is 2.66. The third-order valence-corrected chi connectivity index (χ3v) is 6.08. The van der Waals surface area contributed by atoms with Gasteiger partial charge in [-0.3, -0.25) is 13.9 Å². The van der Waals surface area contributed by atoms with E-state index in [0.29, 0.717) is 22.5 Å². The van der Waals surface area contributed by atoms with Gasteiger partial charge in [-0.25, -0.2) is 8.42 Å². The van der Waals surface area contributed by atoms with E-state index < -0.39 is 21.8 Å². The first-order valence-electron chi connectivity index (χ1n) is 8.64. The molecule has 0 radical (unpaired) electrons. The average Bonchev–Trinajstić information content (AvgIpc) is 2.74. The number of nitrogens with two attached hydrogens (primary N) is 1. The maximum Gasteiger partial charge on any atom is 0.264 e. The average molecular weight is 409 g/mol. The summed E-state index contributed by atoms with van der Waals surface area (Å²) < 4.78 is 27.0. The lowest BCUT2D eigenvalue weighted by Gasteiger charge is -2.19. The molecule has 0 saturated heterocycles. The van der Waals surface area contributed by atoms with Crippen molar-refractivity contribution in [2.45, 2.75) is 4.90 Å². The summed E-state index contributed by atoms with van der Waals surface area (Å²) in [7, 11) is -2.33. The molecule has 7 nitrogen and oxygen atoms in total. The molecule has 148 valence electrons. The molecule has 29 heavy (non-hydrogen) atoms. The molecule has 0 aliphatic carbocycles. The van der Waals surface area contributed by atoms with Crippen LogP contribution in [0.3, 0.4) is 0 Å². The Balaban J connectivity index is 1.82. The number of rotatable bonds is 6. The fourth-order valence-corrected chi connectivity index (χ4v) is 3.90. The van der Waals surface area contributed by atoms with Crippen LogP contribution in [0.15, 0.2) is 83.8 Å². The van der Waals surface area contributed by atoms with Gasteiger partial charge in [0, 0.05) is 23.9 Å². The molecule has 0 atom stereocenters. The minimum Gasteiger partial charge on any atom is -0.366 e.